The summed E-state index contributed by atoms with van der Waals surface area (Å²) in [5, 5.41) is 0. The number of rotatable bonds is 2. The van der Waals surface area contributed by atoms with E-state index in [4.69, 9.17) is 5.73 Å². The number of nitrogens with zero attached hydrogens (tertiary/aromatic N) is 9. The lowest BCUT2D eigenvalue weighted by Gasteiger charge is -2.11. The number of hydrogen-bond acceptors (Lipinski definition) is 8. The largest absolute Gasteiger partial charge is 0.382 e. The molecule has 10 heteroatoms. The number of nitrogen functional groups attached to an aromatic ring is 1. The van der Waals surface area contributed by atoms with Crippen molar-refractivity contribution in [3.63, 3.8) is 0 Å². The van der Waals surface area contributed by atoms with Gasteiger partial charge in [-0.1, -0.05) is 0 Å². The van der Waals surface area contributed by atoms with E-state index < -0.39 is 0 Å². The van der Waals surface area contributed by atoms with Crippen molar-refractivity contribution >= 4 is 34.0 Å². The lowest BCUT2D eigenvalue weighted by Crippen LogP contribution is -2.12. The predicted octanol–water partition coefficient (Wildman–Crippen LogP) is -0.0744. The standard InChI is InChI=1S/C12H12N10/c1-20(2)10-8-12(17-4-15-10)22(6-19-8)21-5-18-7-9(13)14-3-16-11(7)21/h3-6H,1-2H3,(H2,13,14,16). The average molecular weight is 296 g/mol. The maximum absolute atomic E-state index is 5.82. The molecule has 0 spiro atoms. The van der Waals surface area contributed by atoms with E-state index in [0.717, 1.165) is 5.82 Å². The van der Waals surface area contributed by atoms with Crippen LogP contribution in [0.25, 0.3) is 22.3 Å². The van der Waals surface area contributed by atoms with Gasteiger partial charge in [0, 0.05) is 14.1 Å². The molecule has 22 heavy (non-hydrogen) atoms. The topological polar surface area (TPSA) is 116 Å². The Bertz CT molecular complexity index is 982. The maximum atomic E-state index is 5.82. The van der Waals surface area contributed by atoms with Crippen LogP contribution in [0.4, 0.5) is 11.6 Å². The number of anilines is 2. The molecule has 0 aliphatic heterocycles. The fourth-order valence-electron chi connectivity index (χ4n) is 2.29. The summed E-state index contributed by atoms with van der Waals surface area (Å²) < 4.78 is 3.46. The smallest absolute Gasteiger partial charge is 0.185 e. The highest BCUT2D eigenvalue weighted by Gasteiger charge is 2.15. The zero-order valence-corrected chi connectivity index (χ0v) is 11.9. The summed E-state index contributed by atoms with van der Waals surface area (Å²) in [6, 6.07) is 0. The fourth-order valence-corrected chi connectivity index (χ4v) is 2.29. The maximum Gasteiger partial charge on any atom is 0.185 e. The van der Waals surface area contributed by atoms with Gasteiger partial charge in [0.15, 0.2) is 34.0 Å². The molecule has 0 bridgehead atoms. The molecule has 0 amide bonds. The van der Waals surface area contributed by atoms with E-state index in [2.05, 4.69) is 29.9 Å². The van der Waals surface area contributed by atoms with Gasteiger partial charge >= 0.3 is 0 Å². The molecule has 0 radical (unpaired) electrons. The van der Waals surface area contributed by atoms with Crippen LogP contribution in [-0.2, 0) is 0 Å². The van der Waals surface area contributed by atoms with Crippen LogP contribution in [0.2, 0.25) is 0 Å². The van der Waals surface area contributed by atoms with Crippen molar-refractivity contribution in [3.05, 3.63) is 25.3 Å². The van der Waals surface area contributed by atoms with Crippen molar-refractivity contribution in [2.75, 3.05) is 24.7 Å². The first-order chi connectivity index (χ1) is 10.7. The van der Waals surface area contributed by atoms with Gasteiger partial charge in [0.2, 0.25) is 0 Å². The van der Waals surface area contributed by atoms with Crippen LogP contribution in [0, 0.1) is 0 Å². The third-order valence-corrected chi connectivity index (χ3v) is 3.30. The van der Waals surface area contributed by atoms with Crippen molar-refractivity contribution in [2.45, 2.75) is 0 Å². The molecular formula is C12H12N10. The summed E-state index contributed by atoms with van der Waals surface area (Å²) >= 11 is 0. The van der Waals surface area contributed by atoms with E-state index in [-0.39, 0.29) is 0 Å². The minimum Gasteiger partial charge on any atom is -0.382 e. The number of imidazole rings is 2. The molecular weight excluding hydrogens is 284 g/mol. The molecule has 0 unspecified atom stereocenters. The van der Waals surface area contributed by atoms with Crippen molar-refractivity contribution < 1.29 is 0 Å². The van der Waals surface area contributed by atoms with Crippen LogP contribution >= 0.6 is 0 Å². The molecule has 110 valence electrons. The van der Waals surface area contributed by atoms with Gasteiger partial charge in [0.1, 0.15) is 25.3 Å². The first-order valence-corrected chi connectivity index (χ1v) is 6.46. The van der Waals surface area contributed by atoms with Gasteiger partial charge in [0.25, 0.3) is 0 Å². The van der Waals surface area contributed by atoms with Crippen molar-refractivity contribution in [1.82, 2.24) is 39.3 Å². The molecule has 0 aromatic carbocycles. The van der Waals surface area contributed by atoms with E-state index in [1.54, 1.807) is 22.0 Å². The quantitative estimate of drug-likeness (QED) is 0.546. The number of hydrogen-bond donors (Lipinski definition) is 1. The van der Waals surface area contributed by atoms with Gasteiger partial charge in [-0.15, -0.1) is 0 Å². The summed E-state index contributed by atoms with van der Waals surface area (Å²) in [6.07, 6.45) is 6.15. The van der Waals surface area contributed by atoms with Crippen LogP contribution in [0.5, 0.6) is 0 Å². The Morgan fingerprint density at radius 3 is 2.09 bits per heavy atom. The third kappa shape index (κ3) is 1.60. The lowest BCUT2D eigenvalue weighted by atomic mass is 10.5. The second-order valence-electron chi connectivity index (χ2n) is 4.87. The zero-order valence-electron chi connectivity index (χ0n) is 11.9. The summed E-state index contributed by atoms with van der Waals surface area (Å²) in [5.74, 6) is 1.07. The minimum atomic E-state index is 0.330. The van der Waals surface area contributed by atoms with Crippen LogP contribution in [0.3, 0.4) is 0 Å². The van der Waals surface area contributed by atoms with E-state index in [1.165, 1.54) is 12.7 Å². The Balaban J connectivity index is 2.01. The predicted molar refractivity (Wildman–Crippen MR) is 80.2 cm³/mol. The minimum absolute atomic E-state index is 0.330. The molecule has 4 aromatic heterocycles. The highest BCUT2D eigenvalue weighted by molar-refractivity contribution is 5.84. The third-order valence-electron chi connectivity index (χ3n) is 3.30. The number of aromatic nitrogens is 8. The Kier molecular flexibility index (Phi) is 2.46. The van der Waals surface area contributed by atoms with E-state index >= 15 is 0 Å². The number of nitrogens with two attached hydrogens (primary N) is 1. The van der Waals surface area contributed by atoms with Gasteiger partial charge in [-0.3, -0.25) is 0 Å². The molecule has 2 N–H and O–H groups in total. The van der Waals surface area contributed by atoms with E-state index in [0.29, 0.717) is 28.1 Å². The molecule has 0 atom stereocenters. The molecule has 10 nitrogen and oxygen atoms in total. The molecule has 0 aliphatic carbocycles. The summed E-state index contributed by atoms with van der Waals surface area (Å²) in [5.41, 5.74) is 8.27. The molecule has 0 saturated carbocycles. The van der Waals surface area contributed by atoms with Crippen molar-refractivity contribution in [2.24, 2.45) is 0 Å². The monoisotopic (exact) mass is 296 g/mol. The van der Waals surface area contributed by atoms with Gasteiger partial charge < -0.3 is 10.6 Å². The second kappa shape index (κ2) is 4.35. The summed E-state index contributed by atoms with van der Waals surface area (Å²) in [6.45, 7) is 0. The molecule has 4 rings (SSSR count). The second-order valence-corrected chi connectivity index (χ2v) is 4.87. The van der Waals surface area contributed by atoms with E-state index in [9.17, 15) is 0 Å². The Morgan fingerprint density at radius 2 is 1.41 bits per heavy atom. The van der Waals surface area contributed by atoms with Gasteiger partial charge in [-0.05, 0) is 0 Å². The normalized spacial score (nSPS) is 11.4. The summed E-state index contributed by atoms with van der Waals surface area (Å²) in [7, 11) is 3.81. The first kappa shape index (κ1) is 12.4. The van der Waals surface area contributed by atoms with Crippen LogP contribution in [0.1, 0.15) is 0 Å². The van der Waals surface area contributed by atoms with Gasteiger partial charge in [-0.2, -0.15) is 0 Å². The summed E-state index contributed by atoms with van der Waals surface area (Å²) in [4.78, 5) is 27.2. The molecule has 0 aliphatic rings. The lowest BCUT2D eigenvalue weighted by molar-refractivity contribution is 0.687. The van der Waals surface area contributed by atoms with Crippen molar-refractivity contribution in [1.29, 1.82) is 0 Å². The number of fused-ring (bicyclic) bond motifs is 2. The van der Waals surface area contributed by atoms with Crippen LogP contribution in [-0.4, -0.2) is 53.4 Å². The average Bonchev–Trinajstić information content (AvgIpc) is 3.10. The van der Waals surface area contributed by atoms with Crippen molar-refractivity contribution in [3.8, 4) is 0 Å². The van der Waals surface area contributed by atoms with Gasteiger partial charge in [-0.25, -0.2) is 39.3 Å². The van der Waals surface area contributed by atoms with Crippen LogP contribution < -0.4 is 10.6 Å². The first-order valence-electron chi connectivity index (χ1n) is 6.46. The van der Waals surface area contributed by atoms with Crippen LogP contribution in [0.15, 0.2) is 25.3 Å². The molecule has 0 fully saturated rings. The fraction of sp³-hybridized carbons (Fsp3) is 0.167. The Morgan fingerprint density at radius 1 is 0.818 bits per heavy atom. The highest BCUT2D eigenvalue weighted by atomic mass is 15.5. The Labute approximate surface area is 124 Å². The Hall–Kier alpha value is -3.30. The van der Waals surface area contributed by atoms with Gasteiger partial charge in [0.05, 0.1) is 0 Å². The SMILES string of the molecule is CN(C)c1ncnc2c1ncn2-n1cnc2c(N)ncnc21. The molecule has 0 saturated heterocycles. The highest BCUT2D eigenvalue weighted by Crippen LogP contribution is 2.21. The zero-order chi connectivity index (χ0) is 15.3. The molecule has 4 aromatic rings. The van der Waals surface area contributed by atoms with E-state index in [1.807, 2.05) is 19.0 Å². The molecule has 4 heterocycles.